The summed E-state index contributed by atoms with van der Waals surface area (Å²) in [5.74, 6) is 0.850. The van der Waals surface area contributed by atoms with Crippen LogP contribution >= 0.6 is 0 Å². The predicted octanol–water partition coefficient (Wildman–Crippen LogP) is 2.26. The van der Waals surface area contributed by atoms with Gasteiger partial charge in [-0.15, -0.1) is 0 Å². The second kappa shape index (κ2) is 16.2. The maximum Gasteiger partial charge on any atom is 0.302 e. The van der Waals surface area contributed by atoms with E-state index in [1.165, 1.54) is 13.8 Å². The van der Waals surface area contributed by atoms with E-state index in [4.69, 9.17) is 19.9 Å². The molecule has 1 heterocycles. The maximum atomic E-state index is 12.1. The van der Waals surface area contributed by atoms with Gasteiger partial charge < -0.3 is 29.7 Å². The Bertz CT molecular complexity index is 753. The number of nitrogens with two attached hydrogens (primary N) is 2. The molecule has 0 bridgehead atoms. The lowest BCUT2D eigenvalue weighted by Gasteiger charge is -2.44. The summed E-state index contributed by atoms with van der Waals surface area (Å²) in [6, 6.07) is 0. The third-order valence-corrected chi connectivity index (χ3v) is 9.69. The lowest BCUT2D eigenvalue weighted by atomic mass is 9.66. The molecule has 9 heteroatoms. The maximum absolute atomic E-state index is 12.1. The van der Waals surface area contributed by atoms with Crippen molar-refractivity contribution in [3.8, 4) is 0 Å². The quantitative estimate of drug-likeness (QED) is 0.284. The van der Waals surface area contributed by atoms with Gasteiger partial charge in [0.2, 0.25) is 0 Å². The van der Waals surface area contributed by atoms with Gasteiger partial charge >= 0.3 is 11.9 Å². The van der Waals surface area contributed by atoms with Gasteiger partial charge in [0.05, 0.1) is 18.8 Å². The van der Waals surface area contributed by atoms with Crippen molar-refractivity contribution in [1.29, 1.82) is 0 Å². The zero-order valence-electron chi connectivity index (χ0n) is 24.5. The van der Waals surface area contributed by atoms with Crippen LogP contribution in [0.4, 0.5) is 0 Å². The first kappa shape index (κ1) is 32.3. The minimum Gasteiger partial charge on any atom is -0.462 e. The molecular weight excluding hydrogens is 500 g/mol. The predicted molar refractivity (Wildman–Crippen MR) is 147 cm³/mol. The first-order valence-electron chi connectivity index (χ1n) is 15.4. The van der Waals surface area contributed by atoms with E-state index in [0.29, 0.717) is 37.0 Å². The van der Waals surface area contributed by atoms with Gasteiger partial charge in [-0.2, -0.15) is 0 Å². The van der Waals surface area contributed by atoms with Gasteiger partial charge in [-0.05, 0) is 81.0 Å². The van der Waals surface area contributed by atoms with Crippen LogP contribution in [0.1, 0.15) is 97.3 Å². The number of carbonyl (C=O) groups excluding carboxylic acids is 2. The van der Waals surface area contributed by atoms with Gasteiger partial charge in [0.1, 0.15) is 18.4 Å². The third kappa shape index (κ3) is 10.3. The number of hydrogen-bond donors (Lipinski definition) is 4. The highest BCUT2D eigenvalue weighted by molar-refractivity contribution is 5.66. The van der Waals surface area contributed by atoms with E-state index >= 15 is 0 Å². The Kier molecular flexibility index (Phi) is 13.4. The summed E-state index contributed by atoms with van der Waals surface area (Å²) >= 11 is 0. The first-order chi connectivity index (χ1) is 18.7. The van der Waals surface area contributed by atoms with Crippen LogP contribution in [0.15, 0.2) is 0 Å². The fourth-order valence-corrected chi connectivity index (χ4v) is 7.75. The average molecular weight is 556 g/mol. The van der Waals surface area contributed by atoms with E-state index in [-0.39, 0.29) is 54.9 Å². The highest BCUT2D eigenvalue weighted by Gasteiger charge is 2.42. The molecule has 9 nitrogen and oxygen atoms in total. The molecule has 0 aromatic carbocycles. The molecule has 226 valence electrons. The highest BCUT2D eigenvalue weighted by atomic mass is 16.6. The largest absolute Gasteiger partial charge is 0.462 e. The molecule has 39 heavy (non-hydrogen) atoms. The molecule has 1 aliphatic heterocycles. The van der Waals surface area contributed by atoms with Gasteiger partial charge in [0.25, 0.3) is 0 Å². The lowest BCUT2D eigenvalue weighted by molar-refractivity contribution is -0.699. The van der Waals surface area contributed by atoms with Crippen LogP contribution in [0.5, 0.6) is 0 Å². The Balaban J connectivity index is 1.73. The molecule has 0 radical (unpaired) electrons. The minimum atomic E-state index is -0.477. The number of esters is 2. The van der Waals surface area contributed by atoms with Crippen molar-refractivity contribution in [1.82, 2.24) is 0 Å². The summed E-state index contributed by atoms with van der Waals surface area (Å²) in [5.41, 5.74) is 6.29. The van der Waals surface area contributed by atoms with Crippen molar-refractivity contribution in [2.24, 2.45) is 35.3 Å². The Labute approximate surface area is 234 Å². The number of hydrogen-bond acceptors (Lipinski definition) is 8. The molecule has 3 aliphatic rings. The standard InChI is InChI=1S/C30H54N2O7/c1-19(34)38-25(16-28(39-20(2)35)24-8-6-4-5-7-21(13-24)18-33)10-9-22-14-29(37-3)27(36)17-26(22)23-11-12-32-30(31)15-23/h21-30,32-33,36H,4-18,31H2,1-3H3/p+1/t21-,22?,23?,24-,25-,26?,27?,28-,29?,30?/m1/s1. The Morgan fingerprint density at radius 3 is 2.41 bits per heavy atom. The summed E-state index contributed by atoms with van der Waals surface area (Å²) in [6.45, 7) is 4.03. The molecule has 3 fully saturated rings. The Morgan fingerprint density at radius 1 is 1.00 bits per heavy atom. The zero-order valence-corrected chi connectivity index (χ0v) is 24.5. The summed E-state index contributed by atoms with van der Waals surface area (Å²) in [5, 5.41) is 22.9. The number of rotatable bonds is 11. The highest BCUT2D eigenvalue weighted by Crippen LogP contribution is 2.42. The summed E-state index contributed by atoms with van der Waals surface area (Å²) < 4.78 is 17.4. The number of quaternary nitrogens is 1. The van der Waals surface area contributed by atoms with Crippen molar-refractivity contribution in [3.63, 3.8) is 0 Å². The average Bonchev–Trinajstić information content (AvgIpc) is 2.86. The summed E-state index contributed by atoms with van der Waals surface area (Å²) in [6.07, 6.45) is 10.3. The number of aliphatic hydroxyl groups is 2. The van der Waals surface area contributed by atoms with Crippen molar-refractivity contribution < 1.29 is 39.3 Å². The SMILES string of the molecule is COC1CC(CC[C@H](C[C@@H](OC(C)=O)[C@@H]2CCCCC[C@@H](CO)C2)OC(C)=O)C(C2CC[NH2+]C(N)C2)CC1O. The molecule has 3 rings (SSSR count). The topological polar surface area (TPSA) is 145 Å². The number of piperidine rings is 1. The minimum absolute atomic E-state index is 0.103. The summed E-state index contributed by atoms with van der Waals surface area (Å²) in [4.78, 5) is 24.3. The molecule has 0 aromatic heterocycles. The number of carbonyl (C=O) groups is 2. The van der Waals surface area contributed by atoms with Crippen molar-refractivity contribution in [2.45, 2.75) is 128 Å². The molecule has 2 saturated carbocycles. The van der Waals surface area contributed by atoms with Crippen LogP contribution in [0.25, 0.3) is 0 Å². The molecule has 0 amide bonds. The molecule has 10 atom stereocenters. The van der Waals surface area contributed by atoms with E-state index in [1.54, 1.807) is 7.11 Å². The van der Waals surface area contributed by atoms with E-state index in [0.717, 1.165) is 70.8 Å². The Morgan fingerprint density at radius 2 is 1.74 bits per heavy atom. The van der Waals surface area contributed by atoms with E-state index in [9.17, 15) is 19.8 Å². The van der Waals surface area contributed by atoms with Gasteiger partial charge in [-0.1, -0.05) is 19.3 Å². The normalized spacial score (nSPS) is 35.7. The Hall–Kier alpha value is -1.26. The molecule has 6 unspecified atom stereocenters. The first-order valence-corrected chi connectivity index (χ1v) is 15.4. The summed E-state index contributed by atoms with van der Waals surface area (Å²) in [7, 11) is 1.66. The van der Waals surface area contributed by atoms with E-state index < -0.39 is 6.10 Å². The van der Waals surface area contributed by atoms with Crippen molar-refractivity contribution in [2.75, 3.05) is 20.3 Å². The van der Waals surface area contributed by atoms with Crippen LogP contribution < -0.4 is 11.1 Å². The van der Waals surface area contributed by atoms with Gasteiger partial charge in [-0.3, -0.25) is 15.3 Å². The van der Waals surface area contributed by atoms with E-state index in [1.807, 2.05) is 0 Å². The van der Waals surface area contributed by atoms with Gasteiger partial charge in [-0.25, -0.2) is 0 Å². The van der Waals surface area contributed by atoms with Crippen LogP contribution in [0, 0.1) is 29.6 Å². The van der Waals surface area contributed by atoms with Crippen LogP contribution in [-0.2, 0) is 23.8 Å². The molecule has 1 saturated heterocycles. The zero-order chi connectivity index (χ0) is 28.4. The smallest absolute Gasteiger partial charge is 0.302 e. The van der Waals surface area contributed by atoms with Crippen LogP contribution in [-0.4, -0.2) is 73.0 Å². The van der Waals surface area contributed by atoms with Crippen molar-refractivity contribution >= 4 is 11.9 Å². The van der Waals surface area contributed by atoms with Crippen molar-refractivity contribution in [3.05, 3.63) is 0 Å². The molecule has 0 spiro atoms. The number of aliphatic hydroxyl groups excluding tert-OH is 2. The second-order valence-corrected chi connectivity index (χ2v) is 12.6. The van der Waals surface area contributed by atoms with Crippen LogP contribution in [0.2, 0.25) is 0 Å². The molecule has 0 aromatic rings. The fourth-order valence-electron chi connectivity index (χ4n) is 7.75. The molecule has 2 aliphatic carbocycles. The van der Waals surface area contributed by atoms with Crippen LogP contribution in [0.3, 0.4) is 0 Å². The molecule has 6 N–H and O–H groups in total. The monoisotopic (exact) mass is 555 g/mol. The molecular formula is C30H55N2O7+. The lowest BCUT2D eigenvalue weighted by Crippen LogP contribution is -2.94. The van der Waals surface area contributed by atoms with E-state index in [2.05, 4.69) is 5.32 Å². The van der Waals surface area contributed by atoms with Gasteiger partial charge in [0.15, 0.2) is 0 Å². The number of ether oxygens (including phenoxy) is 3. The fraction of sp³-hybridized carbons (Fsp3) is 0.933. The second-order valence-electron chi connectivity index (χ2n) is 12.6. The number of methoxy groups -OCH3 is 1. The van der Waals surface area contributed by atoms with Gasteiger partial charge in [0, 0.05) is 40.4 Å². The third-order valence-electron chi connectivity index (χ3n) is 9.69.